The van der Waals surface area contributed by atoms with E-state index in [0.717, 1.165) is 62.4 Å². The van der Waals surface area contributed by atoms with Gasteiger partial charge in [-0.05, 0) is 74.3 Å². The standard InChI is InChI=1S/C26H40N2O6S2/c1-3-5-18-33-26(34-19-6-4-2,22-14-10-16-27-22)36-28-17-11-15-25(28,23(29)30)35-24(31)32-20-21-12-8-7-9-13-21/h7-9,12-13,22,27H,3-6,10-11,14-20H2,1-2H3,(H,29,30)/t22-,25+/m0/s1. The Bertz CT molecular complexity index is 814. The van der Waals surface area contributed by atoms with Crippen LogP contribution in [-0.2, 0) is 25.6 Å². The van der Waals surface area contributed by atoms with Gasteiger partial charge in [0.15, 0.2) is 4.87 Å². The van der Waals surface area contributed by atoms with Gasteiger partial charge in [0.1, 0.15) is 6.61 Å². The molecular weight excluding hydrogens is 500 g/mol. The summed E-state index contributed by atoms with van der Waals surface area (Å²) in [4.78, 5) is 24.1. The molecule has 36 heavy (non-hydrogen) atoms. The number of carboxylic acid groups (broad SMARTS) is 1. The summed E-state index contributed by atoms with van der Waals surface area (Å²) < 4.78 is 20.2. The van der Waals surface area contributed by atoms with E-state index in [1.54, 1.807) is 4.31 Å². The molecule has 0 bridgehead atoms. The van der Waals surface area contributed by atoms with Crippen molar-refractivity contribution in [3.05, 3.63) is 35.9 Å². The SMILES string of the molecule is CCCCOC(OCCCC)(SN1CCC[C@@]1(SC(=O)OCc1ccccc1)C(=O)O)[C@@H]1CCCN1. The average Bonchev–Trinajstić information content (AvgIpc) is 3.55. The van der Waals surface area contributed by atoms with E-state index in [1.807, 2.05) is 30.3 Å². The van der Waals surface area contributed by atoms with Gasteiger partial charge >= 0.3 is 11.3 Å². The molecule has 0 spiro atoms. The number of thioether (sulfide) groups is 1. The van der Waals surface area contributed by atoms with Crippen LogP contribution in [0.4, 0.5) is 4.79 Å². The molecular formula is C26H40N2O6S2. The molecule has 10 heteroatoms. The van der Waals surface area contributed by atoms with Crippen molar-refractivity contribution in [2.75, 3.05) is 26.3 Å². The minimum absolute atomic E-state index is 0.0710. The predicted molar refractivity (Wildman–Crippen MR) is 144 cm³/mol. The molecule has 2 fully saturated rings. The van der Waals surface area contributed by atoms with E-state index in [1.165, 1.54) is 11.9 Å². The van der Waals surface area contributed by atoms with Crippen LogP contribution >= 0.6 is 23.7 Å². The van der Waals surface area contributed by atoms with Crippen LogP contribution in [-0.4, -0.2) is 63.0 Å². The molecule has 1 aromatic carbocycles. The number of benzene rings is 1. The molecule has 2 saturated heterocycles. The van der Waals surface area contributed by atoms with Crippen molar-refractivity contribution in [2.24, 2.45) is 0 Å². The Morgan fingerprint density at radius 1 is 1.14 bits per heavy atom. The van der Waals surface area contributed by atoms with Crippen molar-refractivity contribution < 1.29 is 28.9 Å². The zero-order valence-corrected chi connectivity index (χ0v) is 23.0. The van der Waals surface area contributed by atoms with E-state index in [4.69, 9.17) is 14.2 Å². The topological polar surface area (TPSA) is 97.3 Å². The van der Waals surface area contributed by atoms with Crippen molar-refractivity contribution in [3.8, 4) is 0 Å². The maximum Gasteiger partial charge on any atom is 0.370 e. The molecule has 8 nitrogen and oxygen atoms in total. The molecule has 2 aliphatic rings. The van der Waals surface area contributed by atoms with Crippen LogP contribution in [0, 0.1) is 0 Å². The minimum Gasteiger partial charge on any atom is -0.479 e. The zero-order valence-electron chi connectivity index (χ0n) is 21.4. The summed E-state index contributed by atoms with van der Waals surface area (Å²) in [6.45, 7) is 6.74. The van der Waals surface area contributed by atoms with Crippen molar-refractivity contribution in [3.63, 3.8) is 0 Å². The predicted octanol–water partition coefficient (Wildman–Crippen LogP) is 5.62. The molecule has 0 unspecified atom stereocenters. The first-order valence-electron chi connectivity index (χ1n) is 13.1. The van der Waals surface area contributed by atoms with Gasteiger partial charge in [-0.1, -0.05) is 57.0 Å². The Hall–Kier alpha value is -1.30. The third kappa shape index (κ3) is 7.61. The summed E-state index contributed by atoms with van der Waals surface area (Å²) in [6, 6.07) is 9.30. The number of hydrogen-bond acceptors (Lipinski definition) is 9. The highest BCUT2D eigenvalue weighted by atomic mass is 32.2. The smallest absolute Gasteiger partial charge is 0.370 e. The van der Waals surface area contributed by atoms with Crippen LogP contribution in [0.1, 0.15) is 70.8 Å². The van der Waals surface area contributed by atoms with E-state index in [2.05, 4.69) is 19.2 Å². The molecule has 2 N–H and O–H groups in total. The quantitative estimate of drug-likeness (QED) is 0.126. The van der Waals surface area contributed by atoms with Crippen molar-refractivity contribution in [1.29, 1.82) is 0 Å². The number of aliphatic carboxylic acids is 1. The van der Waals surface area contributed by atoms with Crippen LogP contribution in [0.5, 0.6) is 0 Å². The van der Waals surface area contributed by atoms with Crippen LogP contribution in [0.25, 0.3) is 0 Å². The van der Waals surface area contributed by atoms with E-state index < -0.39 is 21.3 Å². The molecule has 0 aromatic heterocycles. The van der Waals surface area contributed by atoms with Gasteiger partial charge < -0.3 is 24.6 Å². The number of nitrogens with one attached hydrogen (secondary N) is 1. The van der Waals surface area contributed by atoms with Crippen molar-refractivity contribution >= 4 is 35.0 Å². The fourth-order valence-corrected chi connectivity index (χ4v) is 6.94. The Balaban J connectivity index is 1.80. The normalized spacial score (nSPS) is 22.7. The van der Waals surface area contributed by atoms with Crippen LogP contribution < -0.4 is 5.32 Å². The monoisotopic (exact) mass is 540 g/mol. The molecule has 1 aromatic rings. The first-order chi connectivity index (χ1) is 17.5. The Labute approximate surface area is 223 Å². The summed E-state index contributed by atoms with van der Waals surface area (Å²) in [6.07, 6.45) is 6.61. The fourth-order valence-electron chi connectivity index (χ4n) is 4.35. The fraction of sp³-hybridized carbons (Fsp3) is 0.692. The van der Waals surface area contributed by atoms with Gasteiger partial charge in [0, 0.05) is 6.54 Å². The average molecular weight is 541 g/mol. The number of ether oxygens (including phenoxy) is 3. The van der Waals surface area contributed by atoms with Crippen LogP contribution in [0.3, 0.4) is 0 Å². The zero-order chi connectivity index (χ0) is 25.9. The number of carboxylic acids is 1. The molecule has 202 valence electrons. The number of hydrogen-bond donors (Lipinski definition) is 2. The molecule has 2 atom stereocenters. The second kappa shape index (κ2) is 14.6. The van der Waals surface area contributed by atoms with Gasteiger partial charge in [0.05, 0.1) is 19.3 Å². The van der Waals surface area contributed by atoms with E-state index in [0.29, 0.717) is 32.6 Å². The Morgan fingerprint density at radius 2 is 1.83 bits per heavy atom. The minimum atomic E-state index is -1.45. The molecule has 0 amide bonds. The van der Waals surface area contributed by atoms with E-state index >= 15 is 0 Å². The second-order valence-corrected chi connectivity index (χ2v) is 11.6. The summed E-state index contributed by atoms with van der Waals surface area (Å²) >= 11 is 2.05. The maximum absolute atomic E-state index is 12.8. The number of carbonyl (C=O) groups excluding carboxylic acids is 1. The number of carbonyl (C=O) groups is 2. The van der Waals surface area contributed by atoms with E-state index in [-0.39, 0.29) is 12.6 Å². The van der Waals surface area contributed by atoms with Crippen LogP contribution in [0.15, 0.2) is 30.3 Å². The lowest BCUT2D eigenvalue weighted by Crippen LogP contribution is -2.55. The summed E-state index contributed by atoms with van der Waals surface area (Å²) in [7, 11) is 0. The second-order valence-electron chi connectivity index (χ2n) is 9.17. The number of nitrogens with zero attached hydrogens (tertiary/aromatic N) is 1. The summed E-state index contributed by atoms with van der Waals surface area (Å²) in [5.74, 6) is -1.05. The molecule has 2 heterocycles. The van der Waals surface area contributed by atoms with Gasteiger partial charge in [0.2, 0.25) is 5.12 Å². The highest BCUT2D eigenvalue weighted by Crippen LogP contribution is 2.50. The van der Waals surface area contributed by atoms with Gasteiger partial charge in [-0.15, -0.1) is 0 Å². The van der Waals surface area contributed by atoms with E-state index in [9.17, 15) is 14.7 Å². The highest BCUT2D eigenvalue weighted by Gasteiger charge is 2.56. The van der Waals surface area contributed by atoms with Gasteiger partial charge in [0.25, 0.3) is 0 Å². The van der Waals surface area contributed by atoms with Gasteiger partial charge in [-0.25, -0.2) is 13.9 Å². The van der Waals surface area contributed by atoms with Crippen molar-refractivity contribution in [2.45, 2.75) is 87.9 Å². The molecule has 0 saturated carbocycles. The van der Waals surface area contributed by atoms with Gasteiger partial charge in [-0.3, -0.25) is 0 Å². The largest absolute Gasteiger partial charge is 0.479 e. The molecule has 0 aliphatic carbocycles. The molecule has 2 aliphatic heterocycles. The van der Waals surface area contributed by atoms with Crippen LogP contribution in [0.2, 0.25) is 0 Å². The number of rotatable bonds is 15. The summed E-state index contributed by atoms with van der Waals surface area (Å²) in [5, 5.41) is 12.2. The third-order valence-electron chi connectivity index (χ3n) is 6.39. The lowest BCUT2D eigenvalue weighted by Gasteiger charge is -2.43. The number of unbranched alkanes of at least 4 members (excludes halogenated alkanes) is 2. The third-order valence-corrected chi connectivity index (χ3v) is 9.22. The molecule has 0 radical (unpaired) electrons. The summed E-state index contributed by atoms with van der Waals surface area (Å²) in [5.41, 5.74) is 0.855. The highest BCUT2D eigenvalue weighted by molar-refractivity contribution is 8.15. The Morgan fingerprint density at radius 3 is 2.42 bits per heavy atom. The van der Waals surface area contributed by atoms with Gasteiger partial charge in [-0.2, -0.15) is 0 Å². The Kier molecular flexibility index (Phi) is 11.9. The first kappa shape index (κ1) is 29.3. The van der Waals surface area contributed by atoms with Crippen molar-refractivity contribution in [1.82, 2.24) is 9.62 Å². The first-order valence-corrected chi connectivity index (χ1v) is 14.7. The lowest BCUT2D eigenvalue weighted by molar-refractivity contribution is -0.189. The maximum atomic E-state index is 12.8. The lowest BCUT2D eigenvalue weighted by atomic mass is 10.2. The molecule has 3 rings (SSSR count).